The molecule has 0 bridgehead atoms. The smallest absolute Gasteiger partial charge is 0.416 e. The second-order valence-corrected chi connectivity index (χ2v) is 11.4. The third-order valence-electron chi connectivity index (χ3n) is 7.48. The Morgan fingerprint density at radius 2 is 1.83 bits per heavy atom. The van der Waals surface area contributed by atoms with E-state index in [2.05, 4.69) is 26.1 Å². The minimum atomic E-state index is -4.64. The van der Waals surface area contributed by atoms with Gasteiger partial charge in [0.15, 0.2) is 0 Å². The van der Waals surface area contributed by atoms with Crippen molar-refractivity contribution >= 4 is 44.5 Å². The number of nitrogens with one attached hydrogen (secondary N) is 1. The Kier molecular flexibility index (Phi) is 10.5. The number of carbonyl (C=O) groups is 2. The van der Waals surface area contributed by atoms with Crippen LogP contribution in [0, 0.1) is 6.92 Å². The topological polar surface area (TPSA) is 71.5 Å². The van der Waals surface area contributed by atoms with Crippen LogP contribution in [0.2, 0.25) is 0 Å². The zero-order valence-corrected chi connectivity index (χ0v) is 25.2. The Bertz CT molecular complexity index is 1430. The molecule has 1 aliphatic rings. The molecule has 1 fully saturated rings. The number of nitrogens with zero attached hydrogens (tertiary/aromatic N) is 2. The molecule has 4 rings (SSSR count). The Morgan fingerprint density at radius 1 is 1.12 bits per heavy atom. The number of amides is 1. The van der Waals surface area contributed by atoms with Crippen LogP contribution in [-0.4, -0.2) is 42.9 Å². The van der Waals surface area contributed by atoms with Gasteiger partial charge in [0.05, 0.1) is 16.6 Å². The molecule has 1 saturated heterocycles. The number of hydrogen-bond donors (Lipinski definition) is 1. The molecule has 0 saturated carbocycles. The number of benzene rings is 2. The second-order valence-electron chi connectivity index (χ2n) is 10.5. The van der Waals surface area contributed by atoms with E-state index in [0.717, 1.165) is 36.5 Å². The molecular formula is C31H34BrF4N3O3. The summed E-state index contributed by atoms with van der Waals surface area (Å²) in [6, 6.07) is 10.5. The highest BCUT2D eigenvalue weighted by atomic mass is 79.9. The van der Waals surface area contributed by atoms with E-state index in [0.29, 0.717) is 34.3 Å². The lowest BCUT2D eigenvalue weighted by molar-refractivity contribution is -0.158. The fraction of sp³-hybridized carbons (Fsp3) is 0.452. The van der Waals surface area contributed by atoms with Gasteiger partial charge in [-0.1, -0.05) is 41.1 Å². The summed E-state index contributed by atoms with van der Waals surface area (Å²) >= 11 is 3.46. The first-order chi connectivity index (χ1) is 20.0. The summed E-state index contributed by atoms with van der Waals surface area (Å²) in [4.78, 5) is 33.1. The number of aromatic nitrogens is 1. The first-order valence-corrected chi connectivity index (χ1v) is 14.9. The molecule has 2 aromatic carbocycles. The minimum Gasteiger partial charge on any atom is -0.431 e. The van der Waals surface area contributed by atoms with Crippen molar-refractivity contribution in [3.63, 3.8) is 0 Å². The molecule has 1 N–H and O–H groups in total. The summed E-state index contributed by atoms with van der Waals surface area (Å²) in [6.07, 6.45) is -4.24. The van der Waals surface area contributed by atoms with E-state index in [-0.39, 0.29) is 31.4 Å². The van der Waals surface area contributed by atoms with Crippen molar-refractivity contribution in [3.8, 4) is 0 Å². The first-order valence-electron chi connectivity index (χ1n) is 14.1. The maximum Gasteiger partial charge on any atom is 0.416 e. The third kappa shape index (κ3) is 7.59. The molecular weight excluding hydrogens is 618 g/mol. The summed E-state index contributed by atoms with van der Waals surface area (Å²) in [7, 11) is 0. The number of alkyl halides is 4. The molecule has 226 valence electrons. The van der Waals surface area contributed by atoms with Gasteiger partial charge < -0.3 is 15.0 Å². The number of fused-ring (bicyclic) bond motifs is 1. The van der Waals surface area contributed by atoms with Gasteiger partial charge in [0.25, 0.3) is 5.91 Å². The van der Waals surface area contributed by atoms with Crippen LogP contribution in [0.5, 0.6) is 0 Å². The molecule has 11 heteroatoms. The van der Waals surface area contributed by atoms with Crippen molar-refractivity contribution in [2.45, 2.75) is 70.8 Å². The number of rotatable bonds is 11. The average Bonchev–Trinajstić information content (AvgIpc) is 3.47. The van der Waals surface area contributed by atoms with Gasteiger partial charge in [-0.15, -0.1) is 0 Å². The number of hydrogen-bond acceptors (Lipinski definition) is 5. The minimum absolute atomic E-state index is 0.0386. The molecule has 1 aliphatic heterocycles. The molecule has 42 heavy (non-hydrogen) atoms. The van der Waals surface area contributed by atoms with Crippen LogP contribution in [-0.2, 0) is 15.7 Å². The number of esters is 1. The van der Waals surface area contributed by atoms with Crippen molar-refractivity contribution in [1.29, 1.82) is 0 Å². The van der Waals surface area contributed by atoms with E-state index >= 15 is 0 Å². The van der Waals surface area contributed by atoms with Crippen molar-refractivity contribution < 1.29 is 31.9 Å². The van der Waals surface area contributed by atoms with E-state index in [1.807, 2.05) is 19.1 Å². The Balaban J connectivity index is 1.64. The van der Waals surface area contributed by atoms with Gasteiger partial charge in [0.2, 0.25) is 6.36 Å². The van der Waals surface area contributed by atoms with Gasteiger partial charge in [-0.05, 0) is 62.4 Å². The number of halogens is 5. The van der Waals surface area contributed by atoms with E-state index in [9.17, 15) is 27.2 Å². The number of pyridine rings is 1. The summed E-state index contributed by atoms with van der Waals surface area (Å²) in [6.45, 7) is 5.03. The zero-order valence-electron chi connectivity index (χ0n) is 23.6. The molecule has 2 unspecified atom stereocenters. The average molecular weight is 653 g/mol. The molecule has 0 spiro atoms. The van der Waals surface area contributed by atoms with Gasteiger partial charge in [0, 0.05) is 53.8 Å². The van der Waals surface area contributed by atoms with E-state index in [4.69, 9.17) is 9.72 Å². The Labute approximate surface area is 250 Å². The predicted molar refractivity (Wildman–Crippen MR) is 157 cm³/mol. The Hall–Kier alpha value is -3.21. The van der Waals surface area contributed by atoms with Crippen LogP contribution in [0.3, 0.4) is 0 Å². The van der Waals surface area contributed by atoms with Crippen molar-refractivity contribution in [2.24, 2.45) is 0 Å². The monoisotopic (exact) mass is 651 g/mol. The van der Waals surface area contributed by atoms with Crippen molar-refractivity contribution in [1.82, 2.24) is 10.3 Å². The summed E-state index contributed by atoms with van der Waals surface area (Å²) < 4.78 is 61.2. The lowest BCUT2D eigenvalue weighted by Crippen LogP contribution is -2.31. The summed E-state index contributed by atoms with van der Waals surface area (Å²) in [5.74, 6) is -1.47. The van der Waals surface area contributed by atoms with Crippen LogP contribution >= 0.6 is 15.9 Å². The highest BCUT2D eigenvalue weighted by Gasteiger charge is 2.35. The highest BCUT2D eigenvalue weighted by molar-refractivity contribution is 9.10. The fourth-order valence-corrected chi connectivity index (χ4v) is 5.77. The summed E-state index contributed by atoms with van der Waals surface area (Å²) in [5, 5.41) is 3.45. The second kappa shape index (κ2) is 13.8. The molecule has 2 atom stereocenters. The molecule has 6 nitrogen and oxygen atoms in total. The van der Waals surface area contributed by atoms with Crippen LogP contribution < -0.4 is 10.2 Å². The Morgan fingerprint density at radius 3 is 2.52 bits per heavy atom. The molecule has 1 amide bonds. The molecule has 3 aromatic rings. The third-order valence-corrected chi connectivity index (χ3v) is 7.98. The first kappa shape index (κ1) is 31.7. The van der Waals surface area contributed by atoms with Crippen LogP contribution in [0.25, 0.3) is 10.9 Å². The molecule has 1 aromatic heterocycles. The van der Waals surface area contributed by atoms with Gasteiger partial charge in [-0.2, -0.15) is 13.2 Å². The lowest BCUT2D eigenvalue weighted by Gasteiger charge is -2.24. The fourth-order valence-electron chi connectivity index (χ4n) is 5.41. The normalized spacial score (nSPS) is 15.1. The molecule has 0 radical (unpaired) electrons. The largest absolute Gasteiger partial charge is 0.431 e. The van der Waals surface area contributed by atoms with Gasteiger partial charge in [-0.25, -0.2) is 9.37 Å². The van der Waals surface area contributed by atoms with Gasteiger partial charge in [0.1, 0.15) is 5.82 Å². The van der Waals surface area contributed by atoms with Gasteiger partial charge >= 0.3 is 12.1 Å². The van der Waals surface area contributed by atoms with Crippen molar-refractivity contribution in [3.05, 3.63) is 69.2 Å². The maximum atomic E-state index is 13.9. The standard InChI is InChI=1S/C31H34BrF4N3O3/c1-3-8-26(33)42-27(40)14-11-20(22-9-4-5-10-24(22)31(34,35)36)18-37-30(41)28-19(2)29(39-15-6-7-16-39)38-25-13-12-21(32)17-23(25)28/h4-5,9-10,12-13,17,20,26H,3,6-8,11,14-16,18H2,1-2H3,(H,37,41). The van der Waals surface area contributed by atoms with Gasteiger partial charge in [-0.3, -0.25) is 9.59 Å². The predicted octanol–water partition coefficient (Wildman–Crippen LogP) is 7.86. The SMILES string of the molecule is CCCC(F)OC(=O)CCC(CNC(=O)c1c(C)c(N2CCCC2)nc2ccc(Br)cc12)c1ccccc1C(F)(F)F. The number of anilines is 1. The summed E-state index contributed by atoms with van der Waals surface area (Å²) in [5.41, 5.74) is 0.800. The highest BCUT2D eigenvalue weighted by Crippen LogP contribution is 2.37. The van der Waals surface area contributed by atoms with E-state index in [1.165, 1.54) is 18.2 Å². The zero-order chi connectivity index (χ0) is 30.4. The molecule has 0 aliphatic carbocycles. The van der Waals surface area contributed by atoms with Crippen LogP contribution in [0.15, 0.2) is 46.9 Å². The maximum absolute atomic E-state index is 13.9. The molecule has 2 heterocycles. The lowest BCUT2D eigenvalue weighted by atomic mass is 9.89. The van der Waals surface area contributed by atoms with Crippen molar-refractivity contribution in [2.75, 3.05) is 24.5 Å². The van der Waals surface area contributed by atoms with Crippen LogP contribution in [0.1, 0.15) is 78.4 Å². The van der Waals surface area contributed by atoms with E-state index in [1.54, 1.807) is 13.0 Å². The number of ether oxygens (including phenoxy) is 1. The van der Waals surface area contributed by atoms with Crippen LogP contribution in [0.4, 0.5) is 23.4 Å². The quantitative estimate of drug-likeness (QED) is 0.169. The van der Waals surface area contributed by atoms with E-state index < -0.39 is 35.9 Å². The number of carbonyl (C=O) groups excluding carboxylic acids is 2.